The molecule has 0 aliphatic carbocycles. The van der Waals surface area contributed by atoms with Crippen molar-refractivity contribution in [2.24, 2.45) is 5.92 Å². The van der Waals surface area contributed by atoms with Crippen LogP contribution in [0.4, 0.5) is 0 Å². The highest BCUT2D eigenvalue weighted by Crippen LogP contribution is 2.29. The van der Waals surface area contributed by atoms with Crippen molar-refractivity contribution in [3.05, 3.63) is 35.4 Å². The maximum absolute atomic E-state index is 11.5. The molecule has 1 fully saturated rings. The van der Waals surface area contributed by atoms with Crippen LogP contribution >= 0.6 is 0 Å². The van der Waals surface area contributed by atoms with E-state index in [9.17, 15) is 8.42 Å². The summed E-state index contributed by atoms with van der Waals surface area (Å²) in [6, 6.07) is 8.93. The molecule has 0 aromatic heterocycles. The quantitative estimate of drug-likeness (QED) is 0.908. The van der Waals surface area contributed by atoms with Gasteiger partial charge in [-0.3, -0.25) is 0 Å². The summed E-state index contributed by atoms with van der Waals surface area (Å²) >= 11 is 0. The molecular weight excluding hydrogens is 270 g/mol. The van der Waals surface area contributed by atoms with Crippen LogP contribution in [0.25, 0.3) is 0 Å². The molecule has 2 unspecified atom stereocenters. The van der Waals surface area contributed by atoms with E-state index in [1.54, 1.807) is 0 Å². The zero-order valence-electron chi connectivity index (χ0n) is 12.6. The highest BCUT2D eigenvalue weighted by Gasteiger charge is 2.29. The highest BCUT2D eigenvalue weighted by molar-refractivity contribution is 7.91. The summed E-state index contributed by atoms with van der Waals surface area (Å²) < 4.78 is 23.1. The van der Waals surface area contributed by atoms with Crippen LogP contribution in [0.5, 0.6) is 0 Å². The van der Waals surface area contributed by atoms with Crippen LogP contribution in [0.1, 0.15) is 49.8 Å². The molecule has 1 aliphatic rings. The Morgan fingerprint density at radius 2 is 1.80 bits per heavy atom. The lowest BCUT2D eigenvalue weighted by Gasteiger charge is -2.20. The lowest BCUT2D eigenvalue weighted by molar-refractivity contribution is 0.437. The fourth-order valence-electron chi connectivity index (χ4n) is 2.93. The summed E-state index contributed by atoms with van der Waals surface area (Å²) in [5.74, 6) is 1.55. The van der Waals surface area contributed by atoms with Crippen molar-refractivity contribution in [1.29, 1.82) is 0 Å². The van der Waals surface area contributed by atoms with Gasteiger partial charge >= 0.3 is 0 Å². The summed E-state index contributed by atoms with van der Waals surface area (Å²) in [5, 5.41) is 3.33. The van der Waals surface area contributed by atoms with Gasteiger partial charge in [0.15, 0.2) is 9.84 Å². The number of rotatable bonds is 5. The normalized spacial score (nSPS) is 23.1. The maximum atomic E-state index is 11.5. The van der Waals surface area contributed by atoms with Crippen LogP contribution in [0, 0.1) is 5.92 Å². The average molecular weight is 295 g/mol. The molecule has 112 valence electrons. The summed E-state index contributed by atoms with van der Waals surface area (Å²) in [6.07, 6.45) is 1.71. The predicted molar refractivity (Wildman–Crippen MR) is 83.7 cm³/mol. The Balaban J connectivity index is 2.05. The number of hydrogen-bond donors (Lipinski definition) is 1. The van der Waals surface area contributed by atoms with Crippen molar-refractivity contribution in [2.45, 2.75) is 38.6 Å². The molecule has 0 spiro atoms. The van der Waals surface area contributed by atoms with Crippen molar-refractivity contribution in [1.82, 2.24) is 5.32 Å². The van der Waals surface area contributed by atoms with Gasteiger partial charge in [0.25, 0.3) is 0 Å². The predicted octanol–water partition coefficient (Wildman–Crippen LogP) is 2.90. The fraction of sp³-hybridized carbons (Fsp3) is 0.625. The molecule has 1 heterocycles. The second-order valence-electron chi connectivity index (χ2n) is 6.17. The molecule has 4 heteroatoms. The fourth-order valence-corrected chi connectivity index (χ4v) is 4.81. The minimum Gasteiger partial charge on any atom is -0.313 e. The largest absolute Gasteiger partial charge is 0.313 e. The van der Waals surface area contributed by atoms with E-state index in [-0.39, 0.29) is 6.04 Å². The van der Waals surface area contributed by atoms with Crippen LogP contribution in [0.15, 0.2) is 24.3 Å². The number of benzene rings is 1. The zero-order chi connectivity index (χ0) is 14.8. The summed E-state index contributed by atoms with van der Waals surface area (Å²) in [5.41, 5.74) is 2.59. The topological polar surface area (TPSA) is 46.2 Å². The number of sulfone groups is 1. The zero-order valence-corrected chi connectivity index (χ0v) is 13.4. The van der Waals surface area contributed by atoms with Crippen molar-refractivity contribution in [2.75, 3.05) is 18.6 Å². The lowest BCUT2D eigenvalue weighted by Crippen LogP contribution is -2.20. The third kappa shape index (κ3) is 3.83. The highest BCUT2D eigenvalue weighted by atomic mass is 32.2. The first-order valence-corrected chi connectivity index (χ1v) is 9.21. The van der Waals surface area contributed by atoms with Gasteiger partial charge in [0.05, 0.1) is 11.5 Å². The second kappa shape index (κ2) is 6.27. The summed E-state index contributed by atoms with van der Waals surface area (Å²) in [6.45, 7) is 4.38. The van der Waals surface area contributed by atoms with Gasteiger partial charge in [-0.15, -0.1) is 0 Å². The SMILES string of the molecule is CNC(CC1CCS(=O)(=O)C1)c1ccc(C(C)C)cc1. The molecule has 0 radical (unpaired) electrons. The molecule has 0 amide bonds. The number of hydrogen-bond acceptors (Lipinski definition) is 3. The molecule has 0 saturated carbocycles. The van der Waals surface area contributed by atoms with Crippen LogP contribution < -0.4 is 5.32 Å². The van der Waals surface area contributed by atoms with Crippen LogP contribution in [0.3, 0.4) is 0 Å². The Labute approximate surface area is 122 Å². The lowest BCUT2D eigenvalue weighted by atomic mass is 9.92. The van der Waals surface area contributed by atoms with Gasteiger partial charge < -0.3 is 5.32 Å². The first-order valence-electron chi connectivity index (χ1n) is 7.39. The van der Waals surface area contributed by atoms with Gasteiger partial charge in [0.2, 0.25) is 0 Å². The molecule has 2 rings (SSSR count). The molecule has 0 bridgehead atoms. The third-order valence-electron chi connectivity index (χ3n) is 4.25. The molecule has 1 aromatic carbocycles. The minimum atomic E-state index is -2.78. The van der Waals surface area contributed by atoms with E-state index in [1.165, 1.54) is 11.1 Å². The van der Waals surface area contributed by atoms with Gasteiger partial charge in [0.1, 0.15) is 0 Å². The Hall–Kier alpha value is -0.870. The van der Waals surface area contributed by atoms with E-state index in [0.717, 1.165) is 12.8 Å². The van der Waals surface area contributed by atoms with Gasteiger partial charge in [0, 0.05) is 6.04 Å². The first-order chi connectivity index (χ1) is 9.41. The standard InChI is InChI=1S/C16H25NO2S/c1-12(2)14-4-6-15(7-5-14)16(17-3)10-13-8-9-20(18,19)11-13/h4-7,12-13,16-17H,8-11H2,1-3H3. The van der Waals surface area contributed by atoms with Crippen molar-refractivity contribution in [3.8, 4) is 0 Å². The minimum absolute atomic E-state index is 0.245. The molecular formula is C16H25NO2S. The Kier molecular flexibility index (Phi) is 4.86. The van der Waals surface area contributed by atoms with E-state index in [0.29, 0.717) is 23.3 Å². The van der Waals surface area contributed by atoms with E-state index < -0.39 is 9.84 Å². The number of nitrogens with one attached hydrogen (secondary N) is 1. The molecule has 2 atom stereocenters. The van der Waals surface area contributed by atoms with Crippen molar-refractivity contribution < 1.29 is 8.42 Å². The van der Waals surface area contributed by atoms with Crippen molar-refractivity contribution >= 4 is 9.84 Å². The van der Waals surface area contributed by atoms with Crippen LogP contribution in [-0.2, 0) is 9.84 Å². The Morgan fingerprint density at radius 1 is 1.20 bits per heavy atom. The van der Waals surface area contributed by atoms with E-state index in [2.05, 4.69) is 43.4 Å². The average Bonchev–Trinajstić information content (AvgIpc) is 2.75. The smallest absolute Gasteiger partial charge is 0.150 e. The molecule has 3 nitrogen and oxygen atoms in total. The van der Waals surface area contributed by atoms with Gasteiger partial charge in [-0.1, -0.05) is 38.1 Å². The molecule has 20 heavy (non-hydrogen) atoms. The van der Waals surface area contributed by atoms with Crippen molar-refractivity contribution in [3.63, 3.8) is 0 Å². The molecule has 1 aromatic rings. The monoisotopic (exact) mass is 295 g/mol. The van der Waals surface area contributed by atoms with Gasteiger partial charge in [-0.25, -0.2) is 8.42 Å². The molecule has 1 N–H and O–H groups in total. The van der Waals surface area contributed by atoms with E-state index >= 15 is 0 Å². The van der Waals surface area contributed by atoms with Crippen LogP contribution in [0.2, 0.25) is 0 Å². The summed E-state index contributed by atoms with van der Waals surface area (Å²) in [7, 11) is -0.828. The molecule has 1 saturated heterocycles. The maximum Gasteiger partial charge on any atom is 0.150 e. The molecule has 1 aliphatic heterocycles. The first kappa shape index (κ1) is 15.5. The Bertz CT molecular complexity index is 534. The van der Waals surface area contributed by atoms with Gasteiger partial charge in [-0.2, -0.15) is 0 Å². The Morgan fingerprint density at radius 3 is 2.25 bits per heavy atom. The summed E-state index contributed by atoms with van der Waals surface area (Å²) in [4.78, 5) is 0. The van der Waals surface area contributed by atoms with E-state index in [4.69, 9.17) is 0 Å². The van der Waals surface area contributed by atoms with Crippen LogP contribution in [-0.4, -0.2) is 27.0 Å². The second-order valence-corrected chi connectivity index (χ2v) is 8.40. The van der Waals surface area contributed by atoms with E-state index in [1.807, 2.05) is 7.05 Å². The third-order valence-corrected chi connectivity index (χ3v) is 6.09. The van der Waals surface area contributed by atoms with Gasteiger partial charge in [-0.05, 0) is 42.9 Å².